The van der Waals surface area contributed by atoms with Gasteiger partial charge in [0.05, 0.1) is 20.3 Å². The molecular weight excluding hydrogens is 483 g/mol. The number of ether oxygens (including phenoxy) is 3. The van der Waals surface area contributed by atoms with Crippen molar-refractivity contribution < 1.29 is 14.2 Å². The number of rotatable bonds is 10. The summed E-state index contributed by atoms with van der Waals surface area (Å²) in [5.41, 5.74) is 0. The minimum atomic E-state index is -0.0141. The van der Waals surface area contributed by atoms with E-state index in [0.29, 0.717) is 12.6 Å². The summed E-state index contributed by atoms with van der Waals surface area (Å²) in [4.78, 5) is 7.17. The highest BCUT2D eigenvalue weighted by Gasteiger charge is 2.19. The molecule has 1 saturated heterocycles. The Balaban J connectivity index is 0.00000420. The lowest BCUT2D eigenvalue weighted by Gasteiger charge is -2.32. The van der Waals surface area contributed by atoms with Crippen LogP contribution in [-0.4, -0.2) is 76.6 Å². The third-order valence-corrected chi connectivity index (χ3v) is 4.79. The van der Waals surface area contributed by atoms with Gasteiger partial charge in [0.1, 0.15) is 17.6 Å². The Hall–Kier alpha value is -1.26. The Morgan fingerprint density at radius 1 is 1.17 bits per heavy atom. The summed E-state index contributed by atoms with van der Waals surface area (Å²) in [6.45, 7) is 9.55. The van der Waals surface area contributed by atoms with E-state index in [0.717, 1.165) is 63.1 Å². The van der Waals surface area contributed by atoms with Crippen molar-refractivity contribution in [3.8, 4) is 11.5 Å². The Morgan fingerprint density at radius 3 is 2.41 bits per heavy atom. The van der Waals surface area contributed by atoms with Crippen molar-refractivity contribution in [1.82, 2.24) is 15.5 Å². The van der Waals surface area contributed by atoms with Crippen LogP contribution in [0.3, 0.4) is 0 Å². The summed E-state index contributed by atoms with van der Waals surface area (Å²) in [5.74, 6) is 2.51. The van der Waals surface area contributed by atoms with Crippen molar-refractivity contribution in [3.05, 3.63) is 24.3 Å². The fourth-order valence-corrected chi connectivity index (χ4v) is 3.18. The van der Waals surface area contributed by atoms with Crippen molar-refractivity contribution in [2.24, 2.45) is 4.99 Å². The maximum Gasteiger partial charge on any atom is 0.191 e. The fourth-order valence-electron chi connectivity index (χ4n) is 3.18. The predicted octanol–water partition coefficient (Wildman–Crippen LogP) is 2.75. The molecule has 0 saturated carbocycles. The molecule has 1 heterocycles. The normalized spacial score (nSPS) is 16.6. The van der Waals surface area contributed by atoms with Crippen LogP contribution in [0, 0.1) is 0 Å². The SMILES string of the molecule is CCNC(=NCC(C)Oc1ccc(OC)cc1)NC1CCN(CCOC)CC1.I. The van der Waals surface area contributed by atoms with Crippen LogP contribution in [0.2, 0.25) is 0 Å². The molecule has 2 rings (SSSR count). The standard InChI is InChI=1S/C21H36N4O3.HI/c1-5-22-21(24-18-10-12-25(13-11-18)14-15-26-3)23-16-17(2)28-20-8-6-19(27-4)7-9-20;/h6-9,17-18H,5,10-16H2,1-4H3,(H2,22,23,24);1H. The van der Waals surface area contributed by atoms with E-state index in [9.17, 15) is 0 Å². The summed E-state index contributed by atoms with van der Waals surface area (Å²) in [7, 11) is 3.42. The monoisotopic (exact) mass is 520 g/mol. The van der Waals surface area contributed by atoms with Gasteiger partial charge in [-0.05, 0) is 51.0 Å². The van der Waals surface area contributed by atoms with Gasteiger partial charge in [-0.2, -0.15) is 0 Å². The summed E-state index contributed by atoms with van der Waals surface area (Å²) in [5, 5.41) is 6.92. The molecule has 29 heavy (non-hydrogen) atoms. The number of halogens is 1. The minimum Gasteiger partial charge on any atom is -0.497 e. The van der Waals surface area contributed by atoms with Crippen molar-refractivity contribution >= 4 is 29.9 Å². The number of benzene rings is 1. The van der Waals surface area contributed by atoms with Crippen LogP contribution >= 0.6 is 24.0 Å². The summed E-state index contributed by atoms with van der Waals surface area (Å²) >= 11 is 0. The van der Waals surface area contributed by atoms with E-state index >= 15 is 0 Å². The van der Waals surface area contributed by atoms with E-state index in [-0.39, 0.29) is 30.1 Å². The van der Waals surface area contributed by atoms with Crippen molar-refractivity contribution in [2.45, 2.75) is 38.8 Å². The van der Waals surface area contributed by atoms with Gasteiger partial charge < -0.3 is 29.7 Å². The maximum absolute atomic E-state index is 5.95. The maximum atomic E-state index is 5.95. The zero-order chi connectivity index (χ0) is 20.2. The summed E-state index contributed by atoms with van der Waals surface area (Å²) < 4.78 is 16.3. The number of nitrogens with one attached hydrogen (secondary N) is 2. The first-order valence-electron chi connectivity index (χ1n) is 10.2. The molecule has 1 fully saturated rings. The van der Waals surface area contributed by atoms with E-state index in [1.165, 1.54) is 0 Å². The van der Waals surface area contributed by atoms with Crippen molar-refractivity contribution in [3.63, 3.8) is 0 Å². The van der Waals surface area contributed by atoms with Crippen molar-refractivity contribution in [1.29, 1.82) is 0 Å². The Kier molecular flexibility index (Phi) is 13.0. The molecule has 0 aliphatic carbocycles. The van der Waals surface area contributed by atoms with E-state index in [1.54, 1.807) is 14.2 Å². The van der Waals surface area contributed by atoms with Gasteiger partial charge in [-0.1, -0.05) is 0 Å². The first-order chi connectivity index (χ1) is 13.6. The average Bonchev–Trinajstić information content (AvgIpc) is 2.72. The molecule has 2 N–H and O–H groups in total. The van der Waals surface area contributed by atoms with Gasteiger partial charge in [-0.15, -0.1) is 24.0 Å². The molecule has 0 spiro atoms. The van der Waals surface area contributed by atoms with E-state index in [1.807, 2.05) is 31.2 Å². The molecule has 1 aliphatic rings. The van der Waals surface area contributed by atoms with E-state index < -0.39 is 0 Å². The Labute approximate surface area is 192 Å². The zero-order valence-corrected chi connectivity index (χ0v) is 20.5. The number of methoxy groups -OCH3 is 2. The van der Waals surface area contributed by atoms with Gasteiger partial charge in [0, 0.05) is 39.3 Å². The number of piperidine rings is 1. The largest absolute Gasteiger partial charge is 0.497 e. The average molecular weight is 520 g/mol. The second kappa shape index (κ2) is 14.7. The fraction of sp³-hybridized carbons (Fsp3) is 0.667. The van der Waals surface area contributed by atoms with Gasteiger partial charge in [0.2, 0.25) is 0 Å². The van der Waals surface area contributed by atoms with Crippen LogP contribution in [-0.2, 0) is 4.74 Å². The number of nitrogens with zero attached hydrogens (tertiary/aromatic N) is 2. The predicted molar refractivity (Wildman–Crippen MR) is 129 cm³/mol. The molecule has 1 aromatic rings. The van der Waals surface area contributed by atoms with E-state index in [2.05, 4.69) is 22.5 Å². The lowest BCUT2D eigenvalue weighted by Crippen LogP contribution is -2.49. The number of aliphatic imine (C=N–C) groups is 1. The smallest absolute Gasteiger partial charge is 0.191 e. The molecule has 7 nitrogen and oxygen atoms in total. The second-order valence-corrected chi connectivity index (χ2v) is 7.08. The molecule has 1 aromatic carbocycles. The molecule has 8 heteroatoms. The molecule has 0 bridgehead atoms. The molecule has 1 aliphatic heterocycles. The van der Waals surface area contributed by atoms with Crippen LogP contribution in [0.1, 0.15) is 26.7 Å². The van der Waals surface area contributed by atoms with Gasteiger partial charge in [0.15, 0.2) is 5.96 Å². The van der Waals surface area contributed by atoms with E-state index in [4.69, 9.17) is 19.2 Å². The van der Waals surface area contributed by atoms with Crippen LogP contribution in [0.25, 0.3) is 0 Å². The lowest BCUT2D eigenvalue weighted by molar-refractivity contribution is 0.128. The highest BCUT2D eigenvalue weighted by atomic mass is 127. The van der Waals surface area contributed by atoms with Crippen molar-refractivity contribution in [2.75, 3.05) is 53.6 Å². The molecule has 1 unspecified atom stereocenters. The second-order valence-electron chi connectivity index (χ2n) is 7.08. The summed E-state index contributed by atoms with van der Waals surface area (Å²) in [6, 6.07) is 8.08. The lowest BCUT2D eigenvalue weighted by atomic mass is 10.1. The van der Waals surface area contributed by atoms with Gasteiger partial charge in [-0.3, -0.25) is 0 Å². The molecule has 1 atom stereocenters. The van der Waals surface area contributed by atoms with Crippen LogP contribution in [0.5, 0.6) is 11.5 Å². The molecule has 0 radical (unpaired) electrons. The molecule has 0 amide bonds. The topological polar surface area (TPSA) is 67.4 Å². The van der Waals surface area contributed by atoms with Gasteiger partial charge in [0.25, 0.3) is 0 Å². The highest BCUT2D eigenvalue weighted by Crippen LogP contribution is 2.18. The minimum absolute atomic E-state index is 0. The van der Waals surface area contributed by atoms with Gasteiger partial charge in [-0.25, -0.2) is 4.99 Å². The third-order valence-electron chi connectivity index (χ3n) is 4.79. The Bertz CT molecular complexity index is 578. The molecule has 166 valence electrons. The quantitative estimate of drug-likeness (QED) is 0.281. The Morgan fingerprint density at radius 2 is 1.83 bits per heavy atom. The van der Waals surface area contributed by atoms with Gasteiger partial charge >= 0.3 is 0 Å². The molecular formula is C21H37IN4O3. The zero-order valence-electron chi connectivity index (χ0n) is 18.1. The van der Waals surface area contributed by atoms with Crippen LogP contribution in [0.15, 0.2) is 29.3 Å². The number of likely N-dealkylation sites (tertiary alicyclic amines) is 1. The first kappa shape index (κ1) is 25.8. The third kappa shape index (κ3) is 9.86. The number of hydrogen-bond acceptors (Lipinski definition) is 5. The van der Waals surface area contributed by atoms with Crippen LogP contribution in [0.4, 0.5) is 0 Å². The first-order valence-corrected chi connectivity index (χ1v) is 10.2. The summed E-state index contributed by atoms with van der Waals surface area (Å²) in [6.07, 6.45) is 2.22. The molecule has 0 aromatic heterocycles. The number of hydrogen-bond donors (Lipinski definition) is 2. The highest BCUT2D eigenvalue weighted by molar-refractivity contribution is 14.0. The van der Waals surface area contributed by atoms with Crippen LogP contribution < -0.4 is 20.1 Å². The number of guanidine groups is 1.